The number of amides is 2. The maximum absolute atomic E-state index is 13.9. The summed E-state index contributed by atoms with van der Waals surface area (Å²) in [5, 5.41) is 0.608. The van der Waals surface area contributed by atoms with Gasteiger partial charge in [-0.05, 0) is 24.3 Å². The Morgan fingerprint density at radius 2 is 1.09 bits per heavy atom. The van der Waals surface area contributed by atoms with E-state index in [1.165, 1.54) is 60.3 Å². The van der Waals surface area contributed by atoms with Crippen molar-refractivity contribution in [1.82, 2.24) is 0 Å². The highest BCUT2D eigenvalue weighted by Gasteiger charge is 2.79. The van der Waals surface area contributed by atoms with E-state index in [9.17, 15) is 19.2 Å². The normalized spacial score (nSPS) is 23.8. The smallest absolute Gasteiger partial charge is 0.328 e. The van der Waals surface area contributed by atoms with Gasteiger partial charge in [0.25, 0.3) is 11.8 Å². The zero-order chi connectivity index (χ0) is 23.6. The summed E-state index contributed by atoms with van der Waals surface area (Å²) in [6, 6.07) is 8.80. The number of methoxy groups -OCH3 is 2. The molecule has 0 fully saturated rings. The van der Waals surface area contributed by atoms with Crippen molar-refractivity contribution in [2.24, 2.45) is 0 Å². The second-order valence-electron chi connectivity index (χ2n) is 7.53. The molecule has 0 aromatic heterocycles. The maximum atomic E-state index is 13.9. The number of ether oxygens (including phenoxy) is 2. The zero-order valence-electron chi connectivity index (χ0n) is 17.6. The number of benzene rings is 2. The van der Waals surface area contributed by atoms with Gasteiger partial charge in [0.1, 0.15) is 0 Å². The second kappa shape index (κ2) is 7.21. The van der Waals surface area contributed by atoms with Crippen molar-refractivity contribution in [1.29, 1.82) is 0 Å². The lowest BCUT2D eigenvalue weighted by Gasteiger charge is -2.39. The van der Waals surface area contributed by atoms with Crippen molar-refractivity contribution in [2.75, 3.05) is 38.1 Å². The molecular formula is C22H18Cl2N2O6. The molecule has 32 heavy (non-hydrogen) atoms. The van der Waals surface area contributed by atoms with Gasteiger partial charge in [0.15, 0.2) is 0 Å². The Hall–Kier alpha value is -3.10. The van der Waals surface area contributed by atoms with Crippen LogP contribution in [0.5, 0.6) is 0 Å². The number of hydrogen-bond donors (Lipinski definition) is 0. The summed E-state index contributed by atoms with van der Waals surface area (Å²) in [5.74, 6) is -3.80. The highest BCUT2D eigenvalue weighted by Crippen LogP contribution is 2.59. The van der Waals surface area contributed by atoms with Gasteiger partial charge >= 0.3 is 11.9 Å². The first-order chi connectivity index (χ1) is 15.1. The molecule has 2 aliphatic rings. The Bertz CT molecular complexity index is 1120. The molecule has 0 saturated carbocycles. The van der Waals surface area contributed by atoms with E-state index in [1.807, 2.05) is 0 Å². The molecule has 2 aromatic carbocycles. The lowest BCUT2D eigenvalue weighted by molar-refractivity contribution is -0.168. The van der Waals surface area contributed by atoms with Gasteiger partial charge in [-0.3, -0.25) is 19.2 Å². The van der Waals surface area contributed by atoms with Gasteiger partial charge in [-0.25, -0.2) is 0 Å². The van der Waals surface area contributed by atoms with E-state index in [1.54, 1.807) is 0 Å². The van der Waals surface area contributed by atoms with E-state index in [0.29, 0.717) is 10.0 Å². The third-order valence-electron chi connectivity index (χ3n) is 6.25. The van der Waals surface area contributed by atoms with Crippen molar-refractivity contribution in [3.05, 3.63) is 57.6 Å². The van der Waals surface area contributed by atoms with Gasteiger partial charge in [-0.15, -0.1) is 0 Å². The largest absolute Gasteiger partial charge is 0.468 e. The van der Waals surface area contributed by atoms with E-state index in [2.05, 4.69) is 0 Å². The van der Waals surface area contributed by atoms with Crippen molar-refractivity contribution in [2.45, 2.75) is 10.8 Å². The standard InChI is InChI=1S/C22H18Cl2N2O6/c1-25-15-9-11(23)5-7-13(15)21(17(25)27,19(29)31-3)22(20(30)32-4)14-8-6-12(24)10-16(14)26(2)18(22)28/h5-10H,1-4H3/t21-,22-/m1/s1. The van der Waals surface area contributed by atoms with Crippen molar-refractivity contribution in [3.63, 3.8) is 0 Å². The molecule has 0 N–H and O–H groups in total. The number of anilines is 2. The van der Waals surface area contributed by atoms with Crippen LogP contribution in [0.25, 0.3) is 0 Å². The Morgan fingerprint density at radius 1 is 0.750 bits per heavy atom. The van der Waals surface area contributed by atoms with Crippen LogP contribution in [0.15, 0.2) is 36.4 Å². The fourth-order valence-electron chi connectivity index (χ4n) is 4.88. The number of hydrogen-bond acceptors (Lipinski definition) is 6. The highest BCUT2D eigenvalue weighted by atomic mass is 35.5. The number of carbonyl (C=O) groups excluding carboxylic acids is 4. The van der Waals surface area contributed by atoms with Gasteiger partial charge in [0.2, 0.25) is 10.8 Å². The van der Waals surface area contributed by atoms with Crippen LogP contribution in [-0.4, -0.2) is 52.1 Å². The van der Waals surface area contributed by atoms with Gasteiger partial charge in [-0.1, -0.05) is 35.3 Å². The number of rotatable bonds is 3. The predicted octanol–water partition coefficient (Wildman–Crippen LogP) is 2.47. The van der Waals surface area contributed by atoms with Gasteiger partial charge in [0, 0.05) is 46.6 Å². The molecule has 4 rings (SSSR count). The van der Waals surface area contributed by atoms with Crippen LogP contribution < -0.4 is 9.80 Å². The van der Waals surface area contributed by atoms with Crippen LogP contribution in [0.2, 0.25) is 10.0 Å². The fraction of sp³-hybridized carbons (Fsp3) is 0.273. The van der Waals surface area contributed by atoms with E-state index in [0.717, 1.165) is 14.2 Å². The number of halogens is 2. The molecular weight excluding hydrogens is 459 g/mol. The second-order valence-corrected chi connectivity index (χ2v) is 8.41. The topological polar surface area (TPSA) is 93.2 Å². The summed E-state index contributed by atoms with van der Waals surface area (Å²) in [6.07, 6.45) is 0. The Morgan fingerprint density at radius 3 is 1.41 bits per heavy atom. The molecule has 166 valence electrons. The molecule has 0 aliphatic carbocycles. The van der Waals surface area contributed by atoms with Crippen molar-refractivity contribution in [3.8, 4) is 0 Å². The molecule has 0 saturated heterocycles. The van der Waals surface area contributed by atoms with Crippen LogP contribution in [0.1, 0.15) is 11.1 Å². The molecule has 2 aromatic rings. The molecule has 8 nitrogen and oxygen atoms in total. The Labute approximate surface area is 193 Å². The molecule has 0 radical (unpaired) electrons. The monoisotopic (exact) mass is 476 g/mol. The lowest BCUT2D eigenvalue weighted by atomic mass is 9.57. The van der Waals surface area contributed by atoms with Crippen LogP contribution in [0.3, 0.4) is 0 Å². The average molecular weight is 477 g/mol. The minimum atomic E-state index is -2.39. The minimum absolute atomic E-state index is 0.108. The summed E-state index contributed by atoms with van der Waals surface area (Å²) in [5.41, 5.74) is -4.03. The summed E-state index contributed by atoms with van der Waals surface area (Å²) in [7, 11) is 5.03. The minimum Gasteiger partial charge on any atom is -0.468 e. The van der Waals surface area contributed by atoms with Crippen LogP contribution in [-0.2, 0) is 39.5 Å². The van der Waals surface area contributed by atoms with Crippen LogP contribution in [0.4, 0.5) is 11.4 Å². The van der Waals surface area contributed by atoms with Gasteiger partial charge in [0.05, 0.1) is 14.2 Å². The Balaban J connectivity index is 2.24. The zero-order valence-corrected chi connectivity index (χ0v) is 19.1. The van der Waals surface area contributed by atoms with Crippen molar-refractivity contribution < 1.29 is 28.7 Å². The number of fused-ring (bicyclic) bond motifs is 2. The van der Waals surface area contributed by atoms with Crippen molar-refractivity contribution >= 4 is 58.3 Å². The molecule has 10 heteroatoms. The molecule has 2 heterocycles. The average Bonchev–Trinajstić information content (AvgIpc) is 3.14. The first kappa shape index (κ1) is 22.1. The number of esters is 2. The van der Waals surface area contributed by atoms with E-state index >= 15 is 0 Å². The summed E-state index contributed by atoms with van der Waals surface area (Å²) >= 11 is 12.3. The summed E-state index contributed by atoms with van der Waals surface area (Å²) < 4.78 is 10.1. The molecule has 2 aliphatic heterocycles. The van der Waals surface area contributed by atoms with Crippen LogP contribution >= 0.6 is 23.2 Å². The first-order valence-electron chi connectivity index (χ1n) is 9.43. The first-order valence-corrected chi connectivity index (χ1v) is 10.2. The summed E-state index contributed by atoms with van der Waals surface area (Å²) in [6.45, 7) is 0. The molecule has 0 unspecified atom stereocenters. The summed E-state index contributed by atoms with van der Waals surface area (Å²) in [4.78, 5) is 57.3. The fourth-order valence-corrected chi connectivity index (χ4v) is 5.22. The number of nitrogens with zero attached hydrogens (tertiary/aromatic N) is 2. The maximum Gasteiger partial charge on any atom is 0.328 e. The van der Waals surface area contributed by atoms with Gasteiger partial charge < -0.3 is 19.3 Å². The third-order valence-corrected chi connectivity index (χ3v) is 6.72. The SMILES string of the molecule is COC(=O)[C@]1([C@@]2(C(=O)OC)C(=O)N(C)c3cc(Cl)ccc32)C(=O)N(C)c2cc(Cl)ccc21. The quantitative estimate of drug-likeness (QED) is 0.498. The molecule has 0 bridgehead atoms. The van der Waals surface area contributed by atoms with E-state index in [4.69, 9.17) is 32.7 Å². The number of carbonyl (C=O) groups is 4. The lowest BCUT2D eigenvalue weighted by Crippen LogP contribution is -2.67. The van der Waals surface area contributed by atoms with E-state index < -0.39 is 34.6 Å². The molecule has 0 spiro atoms. The highest BCUT2D eigenvalue weighted by molar-refractivity contribution is 6.36. The third kappa shape index (κ3) is 2.34. The number of likely N-dealkylation sites (N-methyl/N-ethyl adjacent to an activating group) is 2. The predicted molar refractivity (Wildman–Crippen MR) is 117 cm³/mol. The Kier molecular flexibility index (Phi) is 4.98. The molecule has 2 atom stereocenters. The van der Waals surface area contributed by atoms with Gasteiger partial charge in [-0.2, -0.15) is 0 Å². The molecule has 2 amide bonds. The van der Waals surface area contributed by atoms with Crippen LogP contribution in [0, 0.1) is 0 Å². The van der Waals surface area contributed by atoms with E-state index in [-0.39, 0.29) is 22.5 Å².